The SMILES string of the molecule is C[C@@H]1CN(CCc2ccccc2)CC[C@@H]1N(C(=O)c1ccco1)c1ncccn1. The van der Waals surface area contributed by atoms with Gasteiger partial charge in [0.25, 0.3) is 5.91 Å². The van der Waals surface area contributed by atoms with Crippen LogP contribution in [0.5, 0.6) is 0 Å². The number of likely N-dealkylation sites (tertiary alicyclic amines) is 1. The van der Waals surface area contributed by atoms with Crippen LogP contribution in [-0.4, -0.2) is 46.5 Å². The lowest BCUT2D eigenvalue weighted by Gasteiger charge is -2.41. The number of anilines is 1. The summed E-state index contributed by atoms with van der Waals surface area (Å²) in [5.41, 5.74) is 1.36. The molecule has 6 nitrogen and oxygen atoms in total. The van der Waals surface area contributed by atoms with E-state index in [4.69, 9.17) is 4.42 Å². The number of hydrogen-bond donors (Lipinski definition) is 0. The van der Waals surface area contributed by atoms with E-state index < -0.39 is 0 Å². The highest BCUT2D eigenvalue weighted by molar-refractivity contribution is 6.03. The van der Waals surface area contributed by atoms with Crippen LogP contribution in [0.3, 0.4) is 0 Å². The summed E-state index contributed by atoms with van der Waals surface area (Å²) in [6.07, 6.45) is 6.78. The van der Waals surface area contributed by atoms with E-state index in [0.717, 1.165) is 32.5 Å². The topological polar surface area (TPSA) is 62.5 Å². The molecule has 2 atom stereocenters. The molecule has 1 aliphatic heterocycles. The molecule has 3 heterocycles. The molecule has 1 fully saturated rings. The summed E-state index contributed by atoms with van der Waals surface area (Å²) < 4.78 is 5.38. The molecule has 29 heavy (non-hydrogen) atoms. The minimum Gasteiger partial charge on any atom is -0.459 e. The van der Waals surface area contributed by atoms with Crippen molar-refractivity contribution in [1.82, 2.24) is 14.9 Å². The Morgan fingerprint density at radius 3 is 2.62 bits per heavy atom. The van der Waals surface area contributed by atoms with Crippen LogP contribution in [0, 0.1) is 5.92 Å². The zero-order valence-electron chi connectivity index (χ0n) is 16.6. The van der Waals surface area contributed by atoms with Crippen LogP contribution in [0.1, 0.15) is 29.5 Å². The lowest BCUT2D eigenvalue weighted by atomic mass is 9.92. The molecule has 150 valence electrons. The van der Waals surface area contributed by atoms with Crippen LogP contribution in [0.4, 0.5) is 5.95 Å². The standard InChI is InChI=1S/C23H26N4O2/c1-18-17-26(14-10-19-7-3-2-4-8-19)15-11-20(18)27(23-24-12-6-13-25-23)22(28)21-9-5-16-29-21/h2-9,12-13,16,18,20H,10-11,14-15,17H2,1H3/t18-,20+/m1/s1. The third kappa shape index (κ3) is 4.54. The third-order valence-corrected chi connectivity index (χ3v) is 5.55. The van der Waals surface area contributed by atoms with Gasteiger partial charge in [-0.25, -0.2) is 9.97 Å². The summed E-state index contributed by atoms with van der Waals surface area (Å²) in [5.74, 6) is 0.859. The van der Waals surface area contributed by atoms with E-state index in [1.807, 2.05) is 6.07 Å². The maximum absolute atomic E-state index is 13.2. The molecule has 1 aliphatic rings. The van der Waals surface area contributed by atoms with E-state index in [0.29, 0.717) is 17.6 Å². The Kier molecular flexibility index (Phi) is 6.00. The van der Waals surface area contributed by atoms with Crippen LogP contribution in [-0.2, 0) is 6.42 Å². The number of benzene rings is 1. The molecule has 6 heteroatoms. The van der Waals surface area contributed by atoms with Crippen LogP contribution in [0.25, 0.3) is 0 Å². The first-order valence-electron chi connectivity index (χ1n) is 10.1. The first kappa shape index (κ1) is 19.3. The van der Waals surface area contributed by atoms with Gasteiger partial charge in [0.15, 0.2) is 5.76 Å². The molecule has 0 spiro atoms. The van der Waals surface area contributed by atoms with Crippen molar-refractivity contribution in [2.45, 2.75) is 25.8 Å². The summed E-state index contributed by atoms with van der Waals surface area (Å²) in [6, 6.07) is 15.8. The van der Waals surface area contributed by atoms with Crippen molar-refractivity contribution < 1.29 is 9.21 Å². The van der Waals surface area contributed by atoms with Crippen molar-refractivity contribution in [2.24, 2.45) is 5.92 Å². The number of piperidine rings is 1. The molecule has 0 bridgehead atoms. The van der Waals surface area contributed by atoms with Crippen molar-refractivity contribution >= 4 is 11.9 Å². The van der Waals surface area contributed by atoms with Gasteiger partial charge in [-0.2, -0.15) is 0 Å². The number of hydrogen-bond acceptors (Lipinski definition) is 5. The summed E-state index contributed by atoms with van der Waals surface area (Å²) in [6.45, 7) is 5.10. The number of nitrogens with zero attached hydrogens (tertiary/aromatic N) is 4. The van der Waals surface area contributed by atoms with E-state index in [1.54, 1.807) is 35.5 Å². The largest absolute Gasteiger partial charge is 0.459 e. The Balaban J connectivity index is 1.47. The Hall–Kier alpha value is -2.99. The average Bonchev–Trinajstić information content (AvgIpc) is 3.30. The second kappa shape index (κ2) is 9.01. The highest BCUT2D eigenvalue weighted by Gasteiger charge is 2.36. The molecular weight excluding hydrogens is 364 g/mol. The zero-order chi connectivity index (χ0) is 20.1. The minimum absolute atomic E-state index is 0.0305. The maximum Gasteiger partial charge on any atom is 0.296 e. The van der Waals surface area contributed by atoms with Gasteiger partial charge in [-0.1, -0.05) is 37.3 Å². The average molecular weight is 390 g/mol. The Morgan fingerprint density at radius 1 is 1.14 bits per heavy atom. The van der Waals surface area contributed by atoms with E-state index in [1.165, 1.54) is 11.8 Å². The fraction of sp³-hybridized carbons (Fsp3) is 0.348. The predicted octanol–water partition coefficient (Wildman–Crippen LogP) is 3.67. The van der Waals surface area contributed by atoms with Gasteiger partial charge >= 0.3 is 0 Å². The number of furan rings is 1. The number of aromatic nitrogens is 2. The number of rotatable bonds is 6. The summed E-state index contributed by atoms with van der Waals surface area (Å²) in [5, 5.41) is 0. The number of amides is 1. The molecule has 1 saturated heterocycles. The highest BCUT2D eigenvalue weighted by Crippen LogP contribution is 2.27. The van der Waals surface area contributed by atoms with Gasteiger partial charge in [0, 0.05) is 38.1 Å². The smallest absolute Gasteiger partial charge is 0.296 e. The second-order valence-corrected chi connectivity index (χ2v) is 7.57. The molecule has 0 radical (unpaired) electrons. The number of carbonyl (C=O) groups is 1. The zero-order valence-corrected chi connectivity index (χ0v) is 16.6. The van der Waals surface area contributed by atoms with Crippen LogP contribution in [0.15, 0.2) is 71.6 Å². The first-order chi connectivity index (χ1) is 14.2. The number of carbonyl (C=O) groups excluding carboxylic acids is 1. The van der Waals surface area contributed by atoms with Gasteiger partial charge in [0.05, 0.1) is 6.26 Å². The highest BCUT2D eigenvalue weighted by atomic mass is 16.3. The van der Waals surface area contributed by atoms with Gasteiger partial charge in [-0.3, -0.25) is 9.69 Å². The van der Waals surface area contributed by atoms with Gasteiger partial charge < -0.3 is 9.32 Å². The molecule has 3 aromatic rings. The maximum atomic E-state index is 13.2. The van der Waals surface area contributed by atoms with E-state index in [-0.39, 0.29) is 11.9 Å². The van der Waals surface area contributed by atoms with Gasteiger partial charge in [-0.15, -0.1) is 0 Å². The molecular formula is C23H26N4O2. The monoisotopic (exact) mass is 390 g/mol. The fourth-order valence-electron chi connectivity index (χ4n) is 4.06. The van der Waals surface area contributed by atoms with Gasteiger partial charge in [0.1, 0.15) is 0 Å². The molecule has 0 N–H and O–H groups in total. The minimum atomic E-state index is -0.184. The van der Waals surface area contributed by atoms with Crippen molar-refractivity contribution in [3.8, 4) is 0 Å². The van der Waals surface area contributed by atoms with Crippen molar-refractivity contribution in [3.05, 3.63) is 78.5 Å². The first-order valence-corrected chi connectivity index (χ1v) is 10.1. The molecule has 1 aromatic carbocycles. The Bertz CT molecular complexity index is 899. The normalized spacial score (nSPS) is 19.8. The predicted molar refractivity (Wildman–Crippen MR) is 112 cm³/mol. The summed E-state index contributed by atoms with van der Waals surface area (Å²) in [7, 11) is 0. The van der Waals surface area contributed by atoms with E-state index in [2.05, 4.69) is 46.1 Å². The third-order valence-electron chi connectivity index (χ3n) is 5.55. The van der Waals surface area contributed by atoms with Crippen LogP contribution < -0.4 is 4.90 Å². The molecule has 0 aliphatic carbocycles. The molecule has 4 rings (SSSR count). The molecule has 0 unspecified atom stereocenters. The van der Waals surface area contributed by atoms with Crippen molar-refractivity contribution in [3.63, 3.8) is 0 Å². The van der Waals surface area contributed by atoms with Crippen molar-refractivity contribution in [2.75, 3.05) is 24.5 Å². The van der Waals surface area contributed by atoms with Crippen molar-refractivity contribution in [1.29, 1.82) is 0 Å². The van der Waals surface area contributed by atoms with E-state index in [9.17, 15) is 4.79 Å². The second-order valence-electron chi connectivity index (χ2n) is 7.57. The molecule has 2 aromatic heterocycles. The summed E-state index contributed by atoms with van der Waals surface area (Å²) in [4.78, 5) is 26.1. The Morgan fingerprint density at radius 2 is 1.93 bits per heavy atom. The molecule has 1 amide bonds. The van der Waals surface area contributed by atoms with Crippen LogP contribution in [0.2, 0.25) is 0 Å². The summed E-state index contributed by atoms with van der Waals surface area (Å²) >= 11 is 0. The van der Waals surface area contributed by atoms with Crippen LogP contribution >= 0.6 is 0 Å². The van der Waals surface area contributed by atoms with Gasteiger partial charge in [-0.05, 0) is 42.5 Å². The molecule has 0 saturated carbocycles. The van der Waals surface area contributed by atoms with E-state index >= 15 is 0 Å². The van der Waals surface area contributed by atoms with Gasteiger partial charge in [0.2, 0.25) is 5.95 Å². The Labute approximate surface area is 171 Å². The fourth-order valence-corrected chi connectivity index (χ4v) is 4.06. The quantitative estimate of drug-likeness (QED) is 0.643. The lowest BCUT2D eigenvalue weighted by molar-refractivity contribution is 0.0903. The lowest BCUT2D eigenvalue weighted by Crippen LogP contribution is -2.53.